The molecule has 0 amide bonds. The maximum absolute atomic E-state index is 11.8. The van der Waals surface area contributed by atoms with Gasteiger partial charge in [-0.15, -0.1) is 0 Å². The zero-order valence-corrected chi connectivity index (χ0v) is 14.4. The standard InChI is InChI=1S/C19H32O3/c1-16-15-19(2,3)13-12-17(16)22-18(21)11-9-7-5-4-6-8-10-14-20/h9,11,15,17,20H,4-8,10,12-14H2,1-3H3/b11-9+. The van der Waals surface area contributed by atoms with Gasteiger partial charge < -0.3 is 9.84 Å². The first-order valence-electron chi connectivity index (χ1n) is 8.62. The topological polar surface area (TPSA) is 46.5 Å². The predicted molar refractivity (Wildman–Crippen MR) is 90.6 cm³/mol. The lowest BCUT2D eigenvalue weighted by Crippen LogP contribution is -2.26. The average Bonchev–Trinajstić information content (AvgIpc) is 2.44. The van der Waals surface area contributed by atoms with Crippen molar-refractivity contribution in [1.29, 1.82) is 0 Å². The van der Waals surface area contributed by atoms with Crippen LogP contribution in [-0.2, 0) is 9.53 Å². The van der Waals surface area contributed by atoms with Crippen LogP contribution in [0.4, 0.5) is 0 Å². The van der Waals surface area contributed by atoms with Crippen LogP contribution in [0, 0.1) is 5.41 Å². The van der Waals surface area contributed by atoms with E-state index in [-0.39, 0.29) is 24.1 Å². The van der Waals surface area contributed by atoms with E-state index in [4.69, 9.17) is 9.84 Å². The third-order valence-corrected chi connectivity index (χ3v) is 4.22. The number of carbonyl (C=O) groups is 1. The molecular weight excluding hydrogens is 276 g/mol. The molecule has 0 saturated carbocycles. The van der Waals surface area contributed by atoms with Crippen LogP contribution in [0.1, 0.15) is 72.1 Å². The summed E-state index contributed by atoms with van der Waals surface area (Å²) in [5, 5.41) is 8.68. The Morgan fingerprint density at radius 2 is 2.00 bits per heavy atom. The van der Waals surface area contributed by atoms with E-state index < -0.39 is 0 Å². The van der Waals surface area contributed by atoms with E-state index in [9.17, 15) is 4.79 Å². The van der Waals surface area contributed by atoms with Gasteiger partial charge in [0.25, 0.3) is 0 Å². The SMILES string of the molecule is CC1=CC(C)(C)CCC1OC(=O)/C=C/CCCCCCCO. The molecule has 0 saturated heterocycles. The molecule has 1 aliphatic rings. The van der Waals surface area contributed by atoms with Crippen molar-refractivity contribution < 1.29 is 14.6 Å². The Labute approximate surface area is 135 Å². The molecule has 1 N–H and O–H groups in total. The summed E-state index contributed by atoms with van der Waals surface area (Å²) in [5.41, 5.74) is 1.39. The zero-order valence-electron chi connectivity index (χ0n) is 14.4. The molecule has 0 spiro atoms. The average molecular weight is 308 g/mol. The van der Waals surface area contributed by atoms with E-state index in [0.717, 1.165) is 51.4 Å². The molecule has 1 aliphatic carbocycles. The Balaban J connectivity index is 2.19. The Morgan fingerprint density at radius 1 is 1.32 bits per heavy atom. The number of allylic oxidation sites excluding steroid dienone is 2. The number of rotatable bonds is 9. The fourth-order valence-electron chi connectivity index (χ4n) is 2.93. The molecule has 0 aromatic rings. The highest BCUT2D eigenvalue weighted by molar-refractivity contribution is 5.82. The van der Waals surface area contributed by atoms with Crippen molar-refractivity contribution >= 4 is 5.97 Å². The lowest BCUT2D eigenvalue weighted by molar-refractivity contribution is -0.142. The Bertz CT molecular complexity index is 393. The molecule has 0 aromatic carbocycles. The normalized spacial score (nSPS) is 20.9. The highest BCUT2D eigenvalue weighted by Crippen LogP contribution is 2.34. The fourth-order valence-corrected chi connectivity index (χ4v) is 2.93. The van der Waals surface area contributed by atoms with Gasteiger partial charge in [-0.25, -0.2) is 4.79 Å². The smallest absolute Gasteiger partial charge is 0.331 e. The van der Waals surface area contributed by atoms with Crippen molar-refractivity contribution in [2.75, 3.05) is 6.61 Å². The first-order valence-corrected chi connectivity index (χ1v) is 8.62. The monoisotopic (exact) mass is 308 g/mol. The highest BCUT2D eigenvalue weighted by atomic mass is 16.5. The Hall–Kier alpha value is -1.09. The van der Waals surface area contributed by atoms with Crippen LogP contribution in [-0.4, -0.2) is 23.8 Å². The molecule has 1 rings (SSSR count). The number of aliphatic hydroxyl groups excluding tert-OH is 1. The summed E-state index contributed by atoms with van der Waals surface area (Å²) in [6.45, 7) is 6.77. The molecule has 1 atom stereocenters. The molecule has 0 aromatic heterocycles. The number of unbranched alkanes of at least 4 members (excludes halogenated alkanes) is 5. The molecule has 3 heteroatoms. The first kappa shape index (κ1) is 19.0. The number of hydrogen-bond acceptors (Lipinski definition) is 3. The minimum atomic E-state index is -0.224. The van der Waals surface area contributed by atoms with E-state index in [1.54, 1.807) is 6.08 Å². The number of carbonyl (C=O) groups excluding carboxylic acids is 1. The van der Waals surface area contributed by atoms with E-state index in [1.165, 1.54) is 5.57 Å². The lowest BCUT2D eigenvalue weighted by atomic mass is 9.79. The van der Waals surface area contributed by atoms with Gasteiger partial charge in [0.05, 0.1) is 0 Å². The summed E-state index contributed by atoms with van der Waals surface area (Å²) in [4.78, 5) is 11.8. The van der Waals surface area contributed by atoms with Gasteiger partial charge in [0.15, 0.2) is 0 Å². The molecule has 126 valence electrons. The third kappa shape index (κ3) is 7.79. The Morgan fingerprint density at radius 3 is 2.68 bits per heavy atom. The highest BCUT2D eigenvalue weighted by Gasteiger charge is 2.27. The molecule has 0 bridgehead atoms. The van der Waals surface area contributed by atoms with E-state index in [2.05, 4.69) is 26.8 Å². The summed E-state index contributed by atoms with van der Waals surface area (Å²) in [7, 11) is 0. The molecular formula is C19H32O3. The number of hydrogen-bond donors (Lipinski definition) is 1. The molecule has 0 radical (unpaired) electrons. The number of esters is 1. The number of aliphatic hydroxyl groups is 1. The second-order valence-corrected chi connectivity index (χ2v) is 7.02. The van der Waals surface area contributed by atoms with E-state index in [1.807, 2.05) is 6.08 Å². The molecule has 0 heterocycles. The van der Waals surface area contributed by atoms with Crippen LogP contribution in [0.3, 0.4) is 0 Å². The van der Waals surface area contributed by atoms with Crippen LogP contribution >= 0.6 is 0 Å². The van der Waals surface area contributed by atoms with Crippen molar-refractivity contribution in [3.63, 3.8) is 0 Å². The summed E-state index contributed by atoms with van der Waals surface area (Å²) in [6.07, 6.45) is 13.9. The second kappa shape index (κ2) is 9.83. The molecule has 0 fully saturated rings. The zero-order chi connectivity index (χ0) is 16.4. The molecule has 22 heavy (non-hydrogen) atoms. The van der Waals surface area contributed by atoms with Crippen molar-refractivity contribution in [2.24, 2.45) is 5.41 Å². The fraction of sp³-hybridized carbons (Fsp3) is 0.737. The summed E-state index contributed by atoms with van der Waals surface area (Å²) in [5.74, 6) is -0.224. The minimum Gasteiger partial charge on any atom is -0.455 e. The summed E-state index contributed by atoms with van der Waals surface area (Å²) >= 11 is 0. The van der Waals surface area contributed by atoms with Crippen molar-refractivity contribution in [2.45, 2.75) is 78.2 Å². The first-order chi connectivity index (χ1) is 10.4. The van der Waals surface area contributed by atoms with Gasteiger partial charge in [0.1, 0.15) is 6.10 Å². The van der Waals surface area contributed by atoms with Crippen LogP contribution in [0.5, 0.6) is 0 Å². The van der Waals surface area contributed by atoms with Gasteiger partial charge in [0.2, 0.25) is 0 Å². The van der Waals surface area contributed by atoms with Crippen LogP contribution in [0.15, 0.2) is 23.8 Å². The minimum absolute atomic E-state index is 0.0522. The number of ether oxygens (including phenoxy) is 1. The van der Waals surface area contributed by atoms with E-state index in [0.29, 0.717) is 0 Å². The predicted octanol–water partition coefficient (Wildman–Crippen LogP) is 4.55. The quantitative estimate of drug-likeness (QED) is 0.294. The van der Waals surface area contributed by atoms with Crippen molar-refractivity contribution in [3.05, 3.63) is 23.8 Å². The second-order valence-electron chi connectivity index (χ2n) is 7.02. The van der Waals surface area contributed by atoms with Gasteiger partial charge in [-0.2, -0.15) is 0 Å². The van der Waals surface area contributed by atoms with Crippen molar-refractivity contribution in [3.8, 4) is 0 Å². The molecule has 0 aliphatic heterocycles. The van der Waals surface area contributed by atoms with Crippen molar-refractivity contribution in [1.82, 2.24) is 0 Å². The van der Waals surface area contributed by atoms with Gasteiger partial charge >= 0.3 is 5.97 Å². The van der Waals surface area contributed by atoms with Gasteiger partial charge in [-0.3, -0.25) is 0 Å². The Kier molecular flexibility index (Phi) is 8.47. The van der Waals surface area contributed by atoms with Crippen LogP contribution < -0.4 is 0 Å². The maximum atomic E-state index is 11.8. The lowest BCUT2D eigenvalue weighted by Gasteiger charge is -2.31. The molecule has 1 unspecified atom stereocenters. The van der Waals surface area contributed by atoms with Crippen LogP contribution in [0.2, 0.25) is 0 Å². The van der Waals surface area contributed by atoms with Gasteiger partial charge in [-0.1, -0.05) is 45.3 Å². The third-order valence-electron chi connectivity index (χ3n) is 4.22. The van der Waals surface area contributed by atoms with Gasteiger partial charge in [-0.05, 0) is 50.0 Å². The maximum Gasteiger partial charge on any atom is 0.331 e. The van der Waals surface area contributed by atoms with Crippen LogP contribution in [0.25, 0.3) is 0 Å². The summed E-state index contributed by atoms with van der Waals surface area (Å²) in [6, 6.07) is 0. The summed E-state index contributed by atoms with van der Waals surface area (Å²) < 4.78 is 5.53. The molecule has 3 nitrogen and oxygen atoms in total. The van der Waals surface area contributed by atoms with E-state index >= 15 is 0 Å². The van der Waals surface area contributed by atoms with Gasteiger partial charge in [0, 0.05) is 12.7 Å². The largest absolute Gasteiger partial charge is 0.455 e.